The molecule has 7 nitrogen and oxygen atoms in total. The van der Waals surface area contributed by atoms with Crippen LogP contribution in [-0.2, 0) is 9.53 Å². The molecule has 174 valence electrons. The molecule has 2 N–H and O–H groups in total. The van der Waals surface area contributed by atoms with E-state index in [1.165, 1.54) is 7.11 Å². The summed E-state index contributed by atoms with van der Waals surface area (Å²) in [5.41, 5.74) is 2.85. The molecule has 2 heterocycles. The summed E-state index contributed by atoms with van der Waals surface area (Å²) >= 11 is 0. The van der Waals surface area contributed by atoms with Crippen molar-refractivity contribution in [1.29, 1.82) is 0 Å². The largest absolute Gasteiger partial charge is 0.453 e. The number of aromatic nitrogens is 2. The van der Waals surface area contributed by atoms with Gasteiger partial charge in [-0.15, -0.1) is 0 Å². The smallest absolute Gasteiger partial charge is 0.407 e. The maximum Gasteiger partial charge on any atom is 0.407 e. The van der Waals surface area contributed by atoms with Crippen molar-refractivity contribution in [2.24, 2.45) is 11.3 Å². The van der Waals surface area contributed by atoms with Gasteiger partial charge in [0.1, 0.15) is 19.7 Å². The van der Waals surface area contributed by atoms with E-state index in [0.29, 0.717) is 6.54 Å². The molecular weight excluding hydrogens is 427 g/mol. The molecule has 2 fully saturated rings. The Labute approximate surface area is 200 Å². The van der Waals surface area contributed by atoms with Gasteiger partial charge < -0.3 is 19.9 Å². The summed E-state index contributed by atoms with van der Waals surface area (Å²) in [5.74, 6) is 0.627. The van der Waals surface area contributed by atoms with Crippen LogP contribution >= 0.6 is 0 Å². The van der Waals surface area contributed by atoms with Crippen LogP contribution < -0.4 is 10.8 Å². The highest BCUT2D eigenvalue weighted by atomic mass is 16.5. The third kappa shape index (κ3) is 4.17. The molecular formula is C26H29BN4O3. The average Bonchev–Trinajstić information content (AvgIpc) is 3.23. The van der Waals surface area contributed by atoms with Crippen molar-refractivity contribution < 1.29 is 14.3 Å². The molecule has 5 rings (SSSR count). The third-order valence-corrected chi connectivity index (χ3v) is 7.23. The molecule has 8 heteroatoms. The summed E-state index contributed by atoms with van der Waals surface area (Å²) in [7, 11) is 7.21. The summed E-state index contributed by atoms with van der Waals surface area (Å²) in [5, 5.41) is 4.91. The standard InChI is InChI=1S/C26H29BN4O3/c1-15(2)22(30-25(33)34-3)24(32)31-14-26(8-9-26)12-21(31)23-28-13-20(29-23)18-5-4-17-11-19(27)7-6-16(17)10-18/h4-7,10-11,13,15,21-22H,8-9,12,14H2,1-3H3,(H,28,29)(H,30,33)/t21-,22-/m0/s1. The first-order valence-corrected chi connectivity index (χ1v) is 11.8. The molecule has 2 aromatic carbocycles. The van der Waals surface area contributed by atoms with E-state index in [0.717, 1.165) is 52.6 Å². The van der Waals surface area contributed by atoms with Crippen molar-refractivity contribution in [3.63, 3.8) is 0 Å². The molecule has 1 aliphatic carbocycles. The Morgan fingerprint density at radius 1 is 1.21 bits per heavy atom. The van der Waals surface area contributed by atoms with E-state index in [4.69, 9.17) is 17.6 Å². The number of imidazole rings is 1. The van der Waals surface area contributed by atoms with E-state index in [-0.39, 0.29) is 23.3 Å². The van der Waals surface area contributed by atoms with Gasteiger partial charge in [-0.2, -0.15) is 0 Å². The highest BCUT2D eigenvalue weighted by Crippen LogP contribution is 2.58. The normalized spacial score (nSPS) is 19.5. The van der Waals surface area contributed by atoms with Crippen LogP contribution in [0.4, 0.5) is 4.79 Å². The van der Waals surface area contributed by atoms with E-state index >= 15 is 0 Å². The van der Waals surface area contributed by atoms with Gasteiger partial charge in [-0.1, -0.05) is 49.6 Å². The van der Waals surface area contributed by atoms with Crippen LogP contribution in [0.1, 0.15) is 45.0 Å². The van der Waals surface area contributed by atoms with Crippen LogP contribution in [-0.4, -0.2) is 54.4 Å². The molecule has 1 saturated carbocycles. The number of H-pyrrole nitrogens is 1. The topological polar surface area (TPSA) is 87.3 Å². The van der Waals surface area contributed by atoms with Crippen molar-refractivity contribution in [2.75, 3.05) is 13.7 Å². The number of rotatable bonds is 5. The Balaban J connectivity index is 1.43. The number of nitrogens with zero attached hydrogens (tertiary/aromatic N) is 2. The van der Waals surface area contributed by atoms with Crippen molar-refractivity contribution in [3.8, 4) is 11.3 Å². The number of hydrogen-bond acceptors (Lipinski definition) is 4. The molecule has 1 spiro atoms. The third-order valence-electron chi connectivity index (χ3n) is 7.23. The van der Waals surface area contributed by atoms with E-state index in [9.17, 15) is 9.59 Å². The maximum atomic E-state index is 13.6. The lowest BCUT2D eigenvalue weighted by Gasteiger charge is -2.30. The van der Waals surface area contributed by atoms with E-state index < -0.39 is 12.1 Å². The Bertz CT molecular complexity index is 1250. The molecule has 2 aliphatic rings. The second kappa shape index (κ2) is 8.49. The minimum Gasteiger partial charge on any atom is -0.453 e. The van der Waals surface area contributed by atoms with Gasteiger partial charge in [0.2, 0.25) is 5.91 Å². The van der Waals surface area contributed by atoms with Crippen LogP contribution in [0.25, 0.3) is 22.0 Å². The molecule has 1 aliphatic heterocycles. The maximum absolute atomic E-state index is 13.6. The fraction of sp³-hybridized carbons (Fsp3) is 0.423. The summed E-state index contributed by atoms with van der Waals surface area (Å²) in [6, 6.07) is 11.3. The zero-order chi connectivity index (χ0) is 24.0. The first-order chi connectivity index (χ1) is 16.3. The quantitative estimate of drug-likeness (QED) is 0.576. The highest BCUT2D eigenvalue weighted by Gasteiger charge is 2.55. The van der Waals surface area contributed by atoms with E-state index in [2.05, 4.69) is 22.4 Å². The molecule has 0 bridgehead atoms. The second-order valence-electron chi connectivity index (χ2n) is 10.0. The minimum absolute atomic E-state index is 0.0678. The van der Waals surface area contributed by atoms with Crippen LogP contribution in [0.3, 0.4) is 0 Å². The number of aromatic amines is 1. The molecule has 2 amide bonds. The summed E-state index contributed by atoms with van der Waals surface area (Å²) in [4.78, 5) is 35.5. The lowest BCUT2D eigenvalue weighted by Crippen LogP contribution is -2.51. The van der Waals surface area contributed by atoms with Crippen LogP contribution in [0.2, 0.25) is 0 Å². The summed E-state index contributed by atoms with van der Waals surface area (Å²) in [6.07, 6.45) is 4.35. The first kappa shape index (κ1) is 22.5. The lowest BCUT2D eigenvalue weighted by molar-refractivity contribution is -0.135. The van der Waals surface area contributed by atoms with Gasteiger partial charge >= 0.3 is 6.09 Å². The van der Waals surface area contributed by atoms with Gasteiger partial charge in [-0.3, -0.25) is 4.79 Å². The molecule has 1 saturated heterocycles. The second-order valence-corrected chi connectivity index (χ2v) is 10.0. The van der Waals surface area contributed by atoms with E-state index in [1.807, 2.05) is 49.2 Å². The number of alkyl carbamates (subject to hydrolysis) is 1. The minimum atomic E-state index is -0.647. The van der Waals surface area contributed by atoms with Gasteiger partial charge in [-0.05, 0) is 47.4 Å². The van der Waals surface area contributed by atoms with Gasteiger partial charge in [0.05, 0.1) is 25.0 Å². The summed E-state index contributed by atoms with van der Waals surface area (Å²) in [6.45, 7) is 4.54. The first-order valence-electron chi connectivity index (χ1n) is 11.8. The van der Waals surface area contributed by atoms with Crippen molar-refractivity contribution in [2.45, 2.75) is 45.2 Å². The average molecular weight is 456 g/mol. The number of benzene rings is 2. The Kier molecular flexibility index (Phi) is 5.62. The van der Waals surface area contributed by atoms with Gasteiger partial charge in [0, 0.05) is 12.1 Å². The number of carbonyl (C=O) groups is 2. The highest BCUT2D eigenvalue weighted by molar-refractivity contribution is 6.33. The van der Waals surface area contributed by atoms with Crippen molar-refractivity contribution >= 4 is 36.1 Å². The van der Waals surface area contributed by atoms with Crippen LogP contribution in [0.5, 0.6) is 0 Å². The number of nitrogens with one attached hydrogen (secondary N) is 2. The molecule has 2 atom stereocenters. The summed E-state index contributed by atoms with van der Waals surface area (Å²) < 4.78 is 4.75. The number of methoxy groups -OCH3 is 1. The van der Waals surface area contributed by atoms with Gasteiger partial charge in [-0.25, -0.2) is 9.78 Å². The Morgan fingerprint density at radius 2 is 1.94 bits per heavy atom. The van der Waals surface area contributed by atoms with Crippen LogP contribution in [0, 0.1) is 11.3 Å². The van der Waals surface area contributed by atoms with Crippen LogP contribution in [0.15, 0.2) is 42.6 Å². The molecule has 1 aromatic heterocycles. The Hall–Kier alpha value is -3.29. The molecule has 0 unspecified atom stereocenters. The SMILES string of the molecule is [B]c1ccc2cc(-c3cnc([C@@H]4CC5(CC5)CN4C(=O)[C@@H](NC(=O)OC)C(C)C)[nH]3)ccc2c1. The number of amides is 2. The predicted octanol–water partition coefficient (Wildman–Crippen LogP) is 3.46. The number of carbonyl (C=O) groups excluding carboxylic acids is 2. The zero-order valence-corrected chi connectivity index (χ0v) is 19.8. The fourth-order valence-corrected chi connectivity index (χ4v) is 5.03. The molecule has 3 aromatic rings. The predicted molar refractivity (Wildman–Crippen MR) is 132 cm³/mol. The molecule has 2 radical (unpaired) electrons. The van der Waals surface area contributed by atoms with Crippen molar-refractivity contribution in [3.05, 3.63) is 48.4 Å². The number of likely N-dealkylation sites (tertiary alicyclic amines) is 1. The van der Waals surface area contributed by atoms with Gasteiger partial charge in [0.25, 0.3) is 0 Å². The van der Waals surface area contributed by atoms with Crippen molar-refractivity contribution in [1.82, 2.24) is 20.2 Å². The number of hydrogen-bond donors (Lipinski definition) is 2. The van der Waals surface area contributed by atoms with Gasteiger partial charge in [0.15, 0.2) is 0 Å². The molecule has 34 heavy (non-hydrogen) atoms. The van der Waals surface area contributed by atoms with E-state index in [1.54, 1.807) is 0 Å². The Morgan fingerprint density at radius 3 is 2.65 bits per heavy atom. The monoisotopic (exact) mass is 456 g/mol. The number of fused-ring (bicyclic) bond motifs is 1. The fourth-order valence-electron chi connectivity index (χ4n) is 5.03. The zero-order valence-electron chi connectivity index (χ0n) is 19.8. The number of ether oxygens (including phenoxy) is 1. The lowest BCUT2D eigenvalue weighted by atomic mass is 9.93.